The maximum atomic E-state index is 12.4. The summed E-state index contributed by atoms with van der Waals surface area (Å²) in [7, 11) is 0. The fraction of sp³-hybridized carbons (Fsp3) is 0.318. The van der Waals surface area contributed by atoms with Gasteiger partial charge >= 0.3 is 0 Å². The van der Waals surface area contributed by atoms with E-state index in [1.165, 1.54) is 6.20 Å². The highest BCUT2D eigenvalue weighted by Crippen LogP contribution is 2.21. The summed E-state index contributed by atoms with van der Waals surface area (Å²) in [4.78, 5) is 20.9. The van der Waals surface area contributed by atoms with Gasteiger partial charge in [-0.1, -0.05) is 23.8 Å². The Labute approximate surface area is 165 Å². The van der Waals surface area contributed by atoms with E-state index in [-0.39, 0.29) is 18.6 Å². The fourth-order valence-electron chi connectivity index (χ4n) is 3.11. The van der Waals surface area contributed by atoms with Crippen molar-refractivity contribution in [1.29, 1.82) is 0 Å². The lowest BCUT2D eigenvalue weighted by molar-refractivity contribution is 0.0953. The zero-order valence-electron chi connectivity index (χ0n) is 16.3. The number of nitrogens with zero attached hydrogens (tertiary/aromatic N) is 2. The van der Waals surface area contributed by atoms with Crippen LogP contribution in [0, 0.1) is 0 Å². The first-order valence-electron chi connectivity index (χ1n) is 9.29. The number of aromatic nitrogens is 1. The molecule has 2 atom stereocenters. The Hall–Kier alpha value is -2.99. The van der Waals surface area contributed by atoms with E-state index in [1.54, 1.807) is 12.1 Å². The molecule has 1 aliphatic rings. The summed E-state index contributed by atoms with van der Waals surface area (Å²) in [5.74, 6) is 0.528. The number of aliphatic hydroxyl groups is 1. The quantitative estimate of drug-likeness (QED) is 0.753. The topological polar surface area (TPSA) is 83.8 Å². The number of amides is 1. The number of ether oxygens (including phenoxy) is 1. The zero-order valence-corrected chi connectivity index (χ0v) is 16.3. The van der Waals surface area contributed by atoms with E-state index in [2.05, 4.69) is 15.3 Å². The number of aliphatic hydroxyl groups excluding tert-OH is 1. The number of carbonyl (C=O) groups excluding carboxylic acids is 1. The minimum atomic E-state index is -0.884. The first-order valence-corrected chi connectivity index (χ1v) is 9.29. The van der Waals surface area contributed by atoms with Gasteiger partial charge < -0.3 is 15.2 Å². The van der Waals surface area contributed by atoms with Crippen molar-refractivity contribution < 1.29 is 14.6 Å². The number of dihydropyridines is 1. The summed E-state index contributed by atoms with van der Waals surface area (Å²) in [5, 5.41) is 12.9. The number of pyridine rings is 1. The van der Waals surface area contributed by atoms with Crippen LogP contribution in [0.25, 0.3) is 0 Å². The van der Waals surface area contributed by atoms with Gasteiger partial charge in [-0.05, 0) is 50.6 Å². The molecule has 1 amide bonds. The van der Waals surface area contributed by atoms with E-state index in [1.807, 2.05) is 51.1 Å². The Kier molecular flexibility index (Phi) is 6.21. The minimum Gasteiger partial charge on any atom is -0.484 e. The van der Waals surface area contributed by atoms with Crippen molar-refractivity contribution in [2.24, 2.45) is 4.99 Å². The highest BCUT2D eigenvalue weighted by atomic mass is 16.5. The molecule has 0 spiro atoms. The second-order valence-electron chi connectivity index (χ2n) is 6.95. The maximum Gasteiger partial charge on any atom is 0.253 e. The fourth-order valence-corrected chi connectivity index (χ4v) is 3.11. The van der Waals surface area contributed by atoms with Crippen LogP contribution in [0.3, 0.4) is 0 Å². The average Bonchev–Trinajstić information content (AvgIpc) is 2.68. The van der Waals surface area contributed by atoms with Gasteiger partial charge in [0.15, 0.2) is 6.23 Å². The van der Waals surface area contributed by atoms with E-state index >= 15 is 0 Å². The Morgan fingerprint density at radius 3 is 2.64 bits per heavy atom. The molecule has 6 nitrogen and oxygen atoms in total. The van der Waals surface area contributed by atoms with E-state index in [0.717, 1.165) is 34.7 Å². The van der Waals surface area contributed by atoms with E-state index in [9.17, 15) is 9.90 Å². The molecule has 2 N–H and O–H groups in total. The van der Waals surface area contributed by atoms with Gasteiger partial charge in [0.25, 0.3) is 5.91 Å². The number of benzene rings is 1. The van der Waals surface area contributed by atoms with Gasteiger partial charge in [-0.25, -0.2) is 0 Å². The van der Waals surface area contributed by atoms with Crippen LogP contribution in [-0.4, -0.2) is 34.5 Å². The zero-order chi connectivity index (χ0) is 20.1. The summed E-state index contributed by atoms with van der Waals surface area (Å²) in [6.07, 6.45) is 1.14. The lowest BCUT2D eigenvalue weighted by atomic mass is 9.99. The first-order chi connectivity index (χ1) is 13.4. The van der Waals surface area contributed by atoms with Crippen LogP contribution < -0.4 is 10.1 Å². The number of hydrogen-bond donors (Lipinski definition) is 2. The number of hydrogen-bond acceptors (Lipinski definition) is 5. The predicted molar refractivity (Wildman–Crippen MR) is 108 cm³/mol. The van der Waals surface area contributed by atoms with Gasteiger partial charge in [0.2, 0.25) is 0 Å². The average molecular weight is 379 g/mol. The molecule has 0 radical (unpaired) electrons. The molecule has 0 aliphatic carbocycles. The van der Waals surface area contributed by atoms with Crippen LogP contribution in [-0.2, 0) is 0 Å². The highest BCUT2D eigenvalue weighted by Gasteiger charge is 2.19. The van der Waals surface area contributed by atoms with Gasteiger partial charge in [-0.15, -0.1) is 0 Å². The molecule has 2 unspecified atom stereocenters. The van der Waals surface area contributed by atoms with E-state index in [4.69, 9.17) is 4.74 Å². The van der Waals surface area contributed by atoms with Gasteiger partial charge in [0.1, 0.15) is 11.9 Å². The molecule has 1 aliphatic heterocycles. The molecule has 0 saturated carbocycles. The molecule has 28 heavy (non-hydrogen) atoms. The third-order valence-corrected chi connectivity index (χ3v) is 4.68. The lowest BCUT2D eigenvalue weighted by Gasteiger charge is -2.21. The second kappa shape index (κ2) is 8.80. The molecular weight excluding hydrogens is 354 g/mol. The summed E-state index contributed by atoms with van der Waals surface area (Å²) in [6, 6.07) is 13.0. The van der Waals surface area contributed by atoms with Crippen molar-refractivity contribution in [3.63, 3.8) is 0 Å². The largest absolute Gasteiger partial charge is 0.484 e. The molecule has 2 aromatic rings. The van der Waals surface area contributed by atoms with Crippen LogP contribution in [0.5, 0.6) is 5.75 Å². The number of para-hydroxylation sites is 1. The normalized spacial score (nSPS) is 17.7. The molecule has 1 aromatic carbocycles. The standard InChI is InChI=1S/C22H25N3O3/c1-14-11-15(2)25-22(27)19(14)13-24-21(26)17-9-10-20(23-12-17)16(3)28-18-7-5-4-6-8-18/h4-10,12,16,22,27H,11,13H2,1-3H3,(H,24,26). The Bertz CT molecular complexity index is 889. The molecule has 0 bridgehead atoms. The summed E-state index contributed by atoms with van der Waals surface area (Å²) < 4.78 is 5.85. The molecular formula is C22H25N3O3. The molecule has 1 aromatic heterocycles. The number of aliphatic imine (C=N–C) groups is 1. The Morgan fingerprint density at radius 1 is 1.25 bits per heavy atom. The highest BCUT2D eigenvalue weighted by molar-refractivity contribution is 5.94. The molecule has 0 saturated heterocycles. The molecule has 3 rings (SSSR count). The van der Waals surface area contributed by atoms with Crippen LogP contribution in [0.1, 0.15) is 49.3 Å². The van der Waals surface area contributed by atoms with Crippen molar-refractivity contribution in [3.05, 3.63) is 71.1 Å². The third-order valence-electron chi connectivity index (χ3n) is 4.68. The van der Waals surface area contributed by atoms with Crippen molar-refractivity contribution in [2.45, 2.75) is 39.5 Å². The minimum absolute atomic E-state index is 0.231. The summed E-state index contributed by atoms with van der Waals surface area (Å²) in [6.45, 7) is 6.01. The van der Waals surface area contributed by atoms with Gasteiger partial charge in [-0.2, -0.15) is 0 Å². The van der Waals surface area contributed by atoms with E-state index < -0.39 is 6.23 Å². The Balaban J connectivity index is 1.59. The van der Waals surface area contributed by atoms with Crippen molar-refractivity contribution in [3.8, 4) is 5.75 Å². The van der Waals surface area contributed by atoms with Crippen LogP contribution in [0.4, 0.5) is 0 Å². The van der Waals surface area contributed by atoms with E-state index in [0.29, 0.717) is 5.56 Å². The van der Waals surface area contributed by atoms with Crippen molar-refractivity contribution >= 4 is 11.6 Å². The molecule has 6 heteroatoms. The first kappa shape index (κ1) is 19.8. The summed E-state index contributed by atoms with van der Waals surface area (Å²) >= 11 is 0. The van der Waals surface area contributed by atoms with Crippen molar-refractivity contribution in [2.75, 3.05) is 6.54 Å². The monoisotopic (exact) mass is 379 g/mol. The smallest absolute Gasteiger partial charge is 0.253 e. The maximum absolute atomic E-state index is 12.4. The predicted octanol–water partition coefficient (Wildman–Crippen LogP) is 3.45. The van der Waals surface area contributed by atoms with Crippen LogP contribution in [0.2, 0.25) is 0 Å². The molecule has 0 fully saturated rings. The number of rotatable bonds is 6. The van der Waals surface area contributed by atoms with Gasteiger partial charge in [0.05, 0.1) is 11.3 Å². The van der Waals surface area contributed by atoms with Crippen molar-refractivity contribution in [1.82, 2.24) is 10.3 Å². The molecule has 2 heterocycles. The van der Waals surface area contributed by atoms with Gasteiger partial charge in [0, 0.05) is 24.9 Å². The van der Waals surface area contributed by atoms with Gasteiger partial charge in [-0.3, -0.25) is 14.8 Å². The molecule has 146 valence electrons. The third kappa shape index (κ3) is 4.84. The lowest BCUT2D eigenvalue weighted by Crippen LogP contribution is -2.31. The summed E-state index contributed by atoms with van der Waals surface area (Å²) in [5.41, 5.74) is 3.88. The van der Waals surface area contributed by atoms with Crippen LogP contribution in [0.15, 0.2) is 64.8 Å². The number of allylic oxidation sites excluding steroid dienone is 1. The SMILES string of the molecule is CC1=NC(O)C(CNC(=O)c2ccc(C(C)Oc3ccccc3)nc2)=C(C)C1. The second-order valence-corrected chi connectivity index (χ2v) is 6.95. The Morgan fingerprint density at radius 2 is 2.00 bits per heavy atom. The number of carbonyl (C=O) groups is 1. The number of nitrogens with one attached hydrogen (secondary N) is 1. The van der Waals surface area contributed by atoms with Crippen LogP contribution >= 0.6 is 0 Å².